The van der Waals surface area contributed by atoms with Crippen LogP contribution < -0.4 is 4.90 Å². The number of para-hydroxylation sites is 1. The third-order valence-corrected chi connectivity index (χ3v) is 5.92. The van der Waals surface area contributed by atoms with Gasteiger partial charge < -0.3 is 4.90 Å². The molecule has 4 rings (SSSR count). The largest absolute Gasteiger partial charge is 0.303 e. The summed E-state index contributed by atoms with van der Waals surface area (Å²) in [5, 5.41) is 0.573. The fourth-order valence-corrected chi connectivity index (χ4v) is 4.21. The van der Waals surface area contributed by atoms with Crippen molar-refractivity contribution < 1.29 is 9.59 Å². The fraction of sp³-hybridized carbons (Fsp3) is 0.250. The normalized spacial score (nSPS) is 12.8. The van der Waals surface area contributed by atoms with E-state index >= 15 is 0 Å². The molecule has 0 radical (unpaired) electrons. The third kappa shape index (κ3) is 4.00. The molecule has 5 nitrogen and oxygen atoms in total. The fourth-order valence-electron chi connectivity index (χ4n) is 3.24. The molecule has 0 saturated carbocycles. The second-order valence-electron chi connectivity index (χ2n) is 8.26. The SMILES string of the molecule is CC(C)(C)C(=O)CSc1ncc2c(n1)-c1ccccc1N(C(=O)c1ccccc1)C2. The van der Waals surface area contributed by atoms with Crippen LogP contribution in [0, 0.1) is 5.41 Å². The van der Waals surface area contributed by atoms with Crippen molar-refractivity contribution in [2.45, 2.75) is 32.5 Å². The van der Waals surface area contributed by atoms with E-state index in [4.69, 9.17) is 4.98 Å². The van der Waals surface area contributed by atoms with Gasteiger partial charge in [-0.2, -0.15) is 0 Å². The van der Waals surface area contributed by atoms with Gasteiger partial charge in [0.15, 0.2) is 5.16 Å². The van der Waals surface area contributed by atoms with Crippen molar-refractivity contribution in [3.8, 4) is 11.3 Å². The van der Waals surface area contributed by atoms with E-state index < -0.39 is 0 Å². The van der Waals surface area contributed by atoms with Crippen LogP contribution in [0.25, 0.3) is 11.3 Å². The minimum Gasteiger partial charge on any atom is -0.303 e. The van der Waals surface area contributed by atoms with Crippen LogP contribution >= 0.6 is 11.8 Å². The summed E-state index contributed by atoms with van der Waals surface area (Å²) in [5.74, 6) is 0.444. The van der Waals surface area contributed by atoms with Crippen molar-refractivity contribution in [1.82, 2.24) is 9.97 Å². The monoisotopic (exact) mass is 417 g/mol. The standard InChI is InChI=1S/C24H23N3O2S/c1-24(2,3)20(28)15-30-23-25-13-17-14-27(22(29)16-9-5-4-6-10-16)19-12-8-7-11-18(19)21(17)26-23/h4-13H,14-15H2,1-3H3. The third-order valence-electron chi connectivity index (χ3n) is 5.06. The van der Waals surface area contributed by atoms with Crippen LogP contribution in [0.1, 0.15) is 36.7 Å². The number of hydrogen-bond acceptors (Lipinski definition) is 5. The topological polar surface area (TPSA) is 63.2 Å². The predicted octanol–water partition coefficient (Wildman–Crippen LogP) is 5.01. The van der Waals surface area contributed by atoms with Gasteiger partial charge in [-0.3, -0.25) is 9.59 Å². The predicted molar refractivity (Wildman–Crippen MR) is 120 cm³/mol. The van der Waals surface area contributed by atoms with E-state index in [0.29, 0.717) is 23.0 Å². The van der Waals surface area contributed by atoms with E-state index in [1.807, 2.05) is 75.4 Å². The Morgan fingerprint density at radius 2 is 1.73 bits per heavy atom. The molecule has 2 aromatic carbocycles. The number of thioether (sulfide) groups is 1. The maximum atomic E-state index is 13.2. The molecule has 0 N–H and O–H groups in total. The van der Waals surface area contributed by atoms with Gasteiger partial charge in [0.05, 0.1) is 23.7 Å². The highest BCUT2D eigenvalue weighted by atomic mass is 32.2. The zero-order valence-corrected chi connectivity index (χ0v) is 18.1. The zero-order valence-electron chi connectivity index (χ0n) is 17.3. The average molecular weight is 418 g/mol. The van der Waals surface area contributed by atoms with Gasteiger partial charge in [0.2, 0.25) is 0 Å². The van der Waals surface area contributed by atoms with Gasteiger partial charge in [-0.05, 0) is 18.2 Å². The molecule has 1 aromatic heterocycles. The van der Waals surface area contributed by atoms with E-state index in [-0.39, 0.29) is 17.1 Å². The Balaban J connectivity index is 1.65. The highest BCUT2D eigenvalue weighted by molar-refractivity contribution is 7.99. The molecule has 0 atom stereocenters. The molecular formula is C24H23N3O2S. The zero-order chi connectivity index (χ0) is 21.3. The Morgan fingerprint density at radius 1 is 1.03 bits per heavy atom. The maximum Gasteiger partial charge on any atom is 0.258 e. The summed E-state index contributed by atoms with van der Waals surface area (Å²) in [7, 11) is 0. The van der Waals surface area contributed by atoms with E-state index in [2.05, 4.69) is 4.98 Å². The molecule has 1 aliphatic heterocycles. The Bertz CT molecular complexity index is 1110. The van der Waals surface area contributed by atoms with E-state index in [0.717, 1.165) is 22.5 Å². The van der Waals surface area contributed by atoms with Gasteiger partial charge >= 0.3 is 0 Å². The molecule has 30 heavy (non-hydrogen) atoms. The summed E-state index contributed by atoms with van der Waals surface area (Å²) < 4.78 is 0. The van der Waals surface area contributed by atoms with Crippen LogP contribution in [-0.2, 0) is 11.3 Å². The molecular weight excluding hydrogens is 394 g/mol. The highest BCUT2D eigenvalue weighted by Gasteiger charge is 2.29. The summed E-state index contributed by atoms with van der Waals surface area (Å²) in [6, 6.07) is 17.0. The Labute approximate surface area is 180 Å². The average Bonchev–Trinajstić information content (AvgIpc) is 2.76. The number of Topliss-reactive ketones (excluding diaryl/α,β-unsaturated/α-hetero) is 1. The van der Waals surface area contributed by atoms with Crippen LogP contribution in [0.15, 0.2) is 66.0 Å². The maximum absolute atomic E-state index is 13.2. The minimum absolute atomic E-state index is 0.0528. The first-order valence-electron chi connectivity index (χ1n) is 9.83. The lowest BCUT2D eigenvalue weighted by molar-refractivity contribution is -0.123. The number of anilines is 1. The minimum atomic E-state index is -0.383. The van der Waals surface area contributed by atoms with E-state index in [1.165, 1.54) is 11.8 Å². The second-order valence-corrected chi connectivity index (χ2v) is 9.21. The Hall–Kier alpha value is -2.99. The summed E-state index contributed by atoms with van der Waals surface area (Å²) in [6.45, 7) is 6.15. The lowest BCUT2D eigenvalue weighted by Gasteiger charge is -2.30. The van der Waals surface area contributed by atoms with E-state index in [1.54, 1.807) is 11.1 Å². The van der Waals surface area contributed by atoms with Crippen LogP contribution in [0.2, 0.25) is 0 Å². The van der Waals surface area contributed by atoms with Gasteiger partial charge in [0, 0.05) is 28.3 Å². The second kappa shape index (κ2) is 8.03. The first-order chi connectivity index (χ1) is 14.3. The molecule has 1 aliphatic rings. The van der Waals surface area contributed by atoms with Crippen molar-refractivity contribution in [2.75, 3.05) is 10.7 Å². The van der Waals surface area contributed by atoms with Gasteiger partial charge in [-0.15, -0.1) is 0 Å². The van der Waals surface area contributed by atoms with E-state index in [9.17, 15) is 9.59 Å². The molecule has 0 aliphatic carbocycles. The van der Waals surface area contributed by atoms with Crippen molar-refractivity contribution in [3.05, 3.63) is 71.9 Å². The van der Waals surface area contributed by atoms with Gasteiger partial charge in [0.25, 0.3) is 5.91 Å². The van der Waals surface area contributed by atoms with Crippen LogP contribution in [0.4, 0.5) is 5.69 Å². The number of fused-ring (bicyclic) bond motifs is 3. The lowest BCUT2D eigenvalue weighted by atomic mass is 9.92. The summed E-state index contributed by atoms with van der Waals surface area (Å²) >= 11 is 1.35. The molecule has 2 heterocycles. The number of hydrogen-bond donors (Lipinski definition) is 0. The Kier molecular flexibility index (Phi) is 5.43. The highest BCUT2D eigenvalue weighted by Crippen LogP contribution is 2.39. The van der Waals surface area contributed by atoms with Crippen molar-refractivity contribution in [2.24, 2.45) is 5.41 Å². The molecule has 3 aromatic rings. The van der Waals surface area contributed by atoms with Crippen molar-refractivity contribution in [3.63, 3.8) is 0 Å². The molecule has 0 spiro atoms. The van der Waals surface area contributed by atoms with Crippen molar-refractivity contribution >= 4 is 29.1 Å². The van der Waals surface area contributed by atoms with Crippen LogP contribution in [0.3, 0.4) is 0 Å². The molecule has 0 bridgehead atoms. The first-order valence-corrected chi connectivity index (χ1v) is 10.8. The van der Waals surface area contributed by atoms with Crippen molar-refractivity contribution in [1.29, 1.82) is 0 Å². The number of amides is 1. The molecule has 0 fully saturated rings. The van der Waals surface area contributed by atoms with Crippen LogP contribution in [-0.4, -0.2) is 27.4 Å². The first kappa shape index (κ1) is 20.3. The molecule has 1 amide bonds. The van der Waals surface area contributed by atoms with Crippen LogP contribution in [0.5, 0.6) is 0 Å². The quantitative estimate of drug-likeness (QED) is 0.441. The molecule has 0 saturated heterocycles. The Morgan fingerprint density at radius 3 is 2.47 bits per heavy atom. The smallest absolute Gasteiger partial charge is 0.258 e. The van der Waals surface area contributed by atoms with Gasteiger partial charge in [-0.1, -0.05) is 68.9 Å². The number of carbonyl (C=O) groups excluding carboxylic acids is 2. The molecule has 6 heteroatoms. The number of benzene rings is 2. The molecule has 152 valence electrons. The number of rotatable bonds is 4. The number of aromatic nitrogens is 2. The lowest BCUT2D eigenvalue weighted by Crippen LogP contribution is -2.33. The molecule has 0 unspecified atom stereocenters. The number of nitrogens with zero attached hydrogens (tertiary/aromatic N) is 3. The summed E-state index contributed by atoms with van der Waals surface area (Å²) in [6.07, 6.45) is 1.77. The number of ketones is 1. The summed E-state index contributed by atoms with van der Waals surface area (Å²) in [5.41, 5.74) is 3.71. The van der Waals surface area contributed by atoms with Gasteiger partial charge in [-0.25, -0.2) is 9.97 Å². The van der Waals surface area contributed by atoms with Gasteiger partial charge in [0.1, 0.15) is 5.78 Å². The summed E-state index contributed by atoms with van der Waals surface area (Å²) in [4.78, 5) is 36.4. The number of carbonyl (C=O) groups is 2.